The number of hydrogen-bond acceptors (Lipinski definition) is 5. The summed E-state index contributed by atoms with van der Waals surface area (Å²) in [6, 6.07) is 9.47. The Labute approximate surface area is 186 Å². The number of likely N-dealkylation sites (tertiary alicyclic amines) is 1. The number of halogens is 1. The molecule has 2 saturated heterocycles. The molecule has 8 heteroatoms. The molecule has 5 rings (SSSR count). The third-order valence-corrected chi connectivity index (χ3v) is 6.96. The molecule has 0 bridgehead atoms. The summed E-state index contributed by atoms with van der Waals surface area (Å²) in [5, 5.41) is 6.43. The van der Waals surface area contributed by atoms with E-state index in [1.54, 1.807) is 23.1 Å². The van der Waals surface area contributed by atoms with Crippen LogP contribution >= 0.6 is 0 Å². The van der Waals surface area contributed by atoms with Gasteiger partial charge in [-0.2, -0.15) is 0 Å². The average molecular weight is 438 g/mol. The van der Waals surface area contributed by atoms with Crippen molar-refractivity contribution in [1.82, 2.24) is 20.5 Å². The van der Waals surface area contributed by atoms with Gasteiger partial charge in [0.1, 0.15) is 17.7 Å². The van der Waals surface area contributed by atoms with Crippen LogP contribution in [-0.2, 0) is 22.4 Å². The summed E-state index contributed by atoms with van der Waals surface area (Å²) in [5.41, 5.74) is 8.80. The molecule has 2 aromatic rings. The number of nitrogen functional groups attached to an aromatic ring is 1. The first-order valence-electron chi connectivity index (χ1n) is 11.3. The Balaban J connectivity index is 1.15. The molecule has 3 aliphatic rings. The highest BCUT2D eigenvalue weighted by atomic mass is 19.1. The number of hydrogen-bond donors (Lipinski definition) is 3. The molecule has 0 spiro atoms. The summed E-state index contributed by atoms with van der Waals surface area (Å²) in [4.78, 5) is 32.0. The molecule has 2 amide bonds. The maximum absolute atomic E-state index is 13.1. The van der Waals surface area contributed by atoms with Gasteiger partial charge in [0.15, 0.2) is 0 Å². The zero-order chi connectivity index (χ0) is 22.2. The summed E-state index contributed by atoms with van der Waals surface area (Å²) in [6.07, 6.45) is 3.81. The van der Waals surface area contributed by atoms with Crippen LogP contribution < -0.4 is 16.4 Å². The molecule has 2 fully saturated rings. The highest BCUT2D eigenvalue weighted by Crippen LogP contribution is 2.31. The van der Waals surface area contributed by atoms with Gasteiger partial charge in [0.25, 0.3) is 0 Å². The molecule has 4 unspecified atom stereocenters. The van der Waals surface area contributed by atoms with E-state index >= 15 is 0 Å². The highest BCUT2D eigenvalue weighted by Gasteiger charge is 2.43. The lowest BCUT2D eigenvalue weighted by Gasteiger charge is -2.41. The molecule has 1 aromatic heterocycles. The molecular formula is C24H28FN5O2. The van der Waals surface area contributed by atoms with E-state index in [-0.39, 0.29) is 29.7 Å². The lowest BCUT2D eigenvalue weighted by atomic mass is 9.94. The second kappa shape index (κ2) is 8.50. The minimum absolute atomic E-state index is 0.000677. The Morgan fingerprint density at radius 3 is 2.75 bits per heavy atom. The normalized spacial score (nSPS) is 26.5. The zero-order valence-electron chi connectivity index (χ0n) is 17.9. The van der Waals surface area contributed by atoms with E-state index in [4.69, 9.17) is 5.73 Å². The molecule has 0 saturated carbocycles. The average Bonchev–Trinajstić information content (AvgIpc) is 3.36. The molecule has 0 radical (unpaired) electrons. The van der Waals surface area contributed by atoms with Crippen LogP contribution in [0.2, 0.25) is 0 Å². The van der Waals surface area contributed by atoms with Gasteiger partial charge < -0.3 is 21.3 Å². The van der Waals surface area contributed by atoms with E-state index in [0.29, 0.717) is 24.7 Å². The number of aryl methyl sites for hydroxylation is 1. The first-order valence-corrected chi connectivity index (χ1v) is 11.3. The predicted molar refractivity (Wildman–Crippen MR) is 118 cm³/mol. The van der Waals surface area contributed by atoms with Crippen molar-refractivity contribution in [3.8, 4) is 0 Å². The fourth-order valence-corrected chi connectivity index (χ4v) is 5.13. The first-order chi connectivity index (χ1) is 15.5. The number of amides is 2. The van der Waals surface area contributed by atoms with Gasteiger partial charge in [-0.05, 0) is 73.9 Å². The van der Waals surface area contributed by atoms with Crippen LogP contribution in [0, 0.1) is 11.7 Å². The Morgan fingerprint density at radius 1 is 1.19 bits per heavy atom. The fourth-order valence-electron chi connectivity index (χ4n) is 5.13. The minimum Gasteiger partial charge on any atom is -0.384 e. The van der Waals surface area contributed by atoms with Gasteiger partial charge in [0.05, 0.1) is 12.1 Å². The number of fused-ring (bicyclic) bond motifs is 1. The number of benzene rings is 1. The number of rotatable bonds is 5. The van der Waals surface area contributed by atoms with Crippen LogP contribution in [0.15, 0.2) is 36.4 Å². The van der Waals surface area contributed by atoms with Crippen LogP contribution in [-0.4, -0.2) is 46.9 Å². The van der Waals surface area contributed by atoms with Gasteiger partial charge in [0.2, 0.25) is 11.8 Å². The summed E-state index contributed by atoms with van der Waals surface area (Å²) < 4.78 is 13.1. The van der Waals surface area contributed by atoms with E-state index < -0.39 is 6.04 Å². The third kappa shape index (κ3) is 4.07. The van der Waals surface area contributed by atoms with E-state index in [1.807, 2.05) is 6.07 Å². The molecular weight excluding hydrogens is 409 g/mol. The number of pyridine rings is 1. The van der Waals surface area contributed by atoms with Crippen LogP contribution in [0.3, 0.4) is 0 Å². The van der Waals surface area contributed by atoms with E-state index in [0.717, 1.165) is 49.0 Å². The second-order valence-electron chi connectivity index (χ2n) is 9.10. The van der Waals surface area contributed by atoms with Crippen molar-refractivity contribution < 1.29 is 14.0 Å². The van der Waals surface area contributed by atoms with Crippen molar-refractivity contribution in [1.29, 1.82) is 0 Å². The van der Waals surface area contributed by atoms with Crippen LogP contribution in [0.1, 0.15) is 42.1 Å². The predicted octanol–water partition coefficient (Wildman–Crippen LogP) is 1.73. The standard InChI is InChI=1S/C24H28FN5O2/c25-16-3-1-14(2-4-16)11-15-12-20(27-13-15)24(32)30-10-9-21(30)23(31)29-19-7-6-18-17(19)5-8-22(26)28-18/h1-5,8,15,19-21,27H,6-7,9-13H2,(H2,26,28)(H,29,31). The largest absolute Gasteiger partial charge is 0.384 e. The molecule has 4 N–H and O–H groups in total. The van der Waals surface area contributed by atoms with Crippen molar-refractivity contribution in [2.24, 2.45) is 5.92 Å². The van der Waals surface area contributed by atoms with Crippen LogP contribution in [0.4, 0.5) is 10.2 Å². The Bertz CT molecular complexity index is 1030. The molecule has 32 heavy (non-hydrogen) atoms. The summed E-state index contributed by atoms with van der Waals surface area (Å²) in [7, 11) is 0. The molecule has 168 valence electrons. The van der Waals surface area contributed by atoms with Crippen molar-refractivity contribution in [3.63, 3.8) is 0 Å². The van der Waals surface area contributed by atoms with E-state index in [9.17, 15) is 14.0 Å². The SMILES string of the molecule is Nc1ccc2c(n1)CCC2NC(=O)C1CCN1C(=O)C1CC(Cc2ccc(F)cc2)CN1. The summed E-state index contributed by atoms with van der Waals surface area (Å²) in [5.74, 6) is 0.473. The van der Waals surface area contributed by atoms with Crippen molar-refractivity contribution >= 4 is 17.6 Å². The minimum atomic E-state index is -0.411. The third-order valence-electron chi connectivity index (χ3n) is 6.96. The van der Waals surface area contributed by atoms with Crippen LogP contribution in [0.25, 0.3) is 0 Å². The van der Waals surface area contributed by atoms with Crippen molar-refractivity contribution in [3.05, 3.63) is 59.0 Å². The lowest BCUT2D eigenvalue weighted by Crippen LogP contribution is -2.61. The maximum atomic E-state index is 13.1. The number of carbonyl (C=O) groups excluding carboxylic acids is 2. The first kappa shape index (κ1) is 20.9. The molecule has 7 nitrogen and oxygen atoms in total. The van der Waals surface area contributed by atoms with Gasteiger partial charge in [-0.1, -0.05) is 18.2 Å². The zero-order valence-corrected chi connectivity index (χ0v) is 17.9. The second-order valence-corrected chi connectivity index (χ2v) is 9.10. The van der Waals surface area contributed by atoms with Crippen molar-refractivity contribution in [2.75, 3.05) is 18.8 Å². The topological polar surface area (TPSA) is 100 Å². The fraction of sp³-hybridized carbons (Fsp3) is 0.458. The quantitative estimate of drug-likeness (QED) is 0.662. The molecule has 2 aliphatic heterocycles. The molecule has 4 atom stereocenters. The monoisotopic (exact) mass is 437 g/mol. The number of nitrogens with zero attached hydrogens (tertiary/aromatic N) is 2. The van der Waals surface area contributed by atoms with E-state index in [2.05, 4.69) is 15.6 Å². The van der Waals surface area contributed by atoms with Gasteiger partial charge in [-0.15, -0.1) is 0 Å². The van der Waals surface area contributed by atoms with Gasteiger partial charge >= 0.3 is 0 Å². The smallest absolute Gasteiger partial charge is 0.243 e. The highest BCUT2D eigenvalue weighted by molar-refractivity contribution is 5.91. The number of anilines is 1. The number of aromatic nitrogens is 1. The van der Waals surface area contributed by atoms with Crippen LogP contribution in [0.5, 0.6) is 0 Å². The number of carbonyl (C=O) groups is 2. The summed E-state index contributed by atoms with van der Waals surface area (Å²) in [6.45, 7) is 1.35. The lowest BCUT2D eigenvalue weighted by molar-refractivity contribution is -0.149. The molecule has 1 aromatic carbocycles. The number of nitrogens with two attached hydrogens (primary N) is 1. The molecule has 3 heterocycles. The van der Waals surface area contributed by atoms with Gasteiger partial charge in [-0.25, -0.2) is 9.37 Å². The summed E-state index contributed by atoms with van der Waals surface area (Å²) >= 11 is 0. The number of nitrogens with one attached hydrogen (secondary N) is 2. The van der Waals surface area contributed by atoms with Gasteiger partial charge in [-0.3, -0.25) is 9.59 Å². The van der Waals surface area contributed by atoms with E-state index in [1.165, 1.54) is 12.1 Å². The Morgan fingerprint density at radius 2 is 2.00 bits per heavy atom. The molecule has 1 aliphatic carbocycles. The van der Waals surface area contributed by atoms with Gasteiger partial charge in [0, 0.05) is 12.2 Å². The maximum Gasteiger partial charge on any atom is 0.243 e. The Kier molecular flexibility index (Phi) is 5.55. The van der Waals surface area contributed by atoms with Crippen molar-refractivity contribution in [2.45, 2.75) is 50.2 Å². The Hall–Kier alpha value is -3.00.